The second-order valence-corrected chi connectivity index (χ2v) is 10.4. The number of carbonyl (C=O) groups excluding carboxylic acids is 1. The monoisotopic (exact) mass is 478 g/mol. The lowest BCUT2D eigenvalue weighted by atomic mass is 9.99. The van der Waals surface area contributed by atoms with Crippen molar-refractivity contribution in [1.29, 1.82) is 0 Å². The number of nitrogens with zero attached hydrogens (tertiary/aromatic N) is 1. The summed E-state index contributed by atoms with van der Waals surface area (Å²) in [5.74, 6) is 0.471. The lowest BCUT2D eigenvalue weighted by molar-refractivity contribution is -0.126. The number of hydrogen-bond donors (Lipinski definition) is 1. The number of sulfonamides is 1. The van der Waals surface area contributed by atoms with Gasteiger partial charge in [0.05, 0.1) is 17.4 Å². The molecule has 1 heterocycles. The summed E-state index contributed by atoms with van der Waals surface area (Å²) in [6, 6.07) is 14.1. The molecule has 174 valence electrons. The van der Waals surface area contributed by atoms with Gasteiger partial charge in [-0.25, -0.2) is 8.42 Å². The summed E-state index contributed by atoms with van der Waals surface area (Å²) in [4.78, 5) is 12.9. The van der Waals surface area contributed by atoms with Crippen LogP contribution in [0.4, 0.5) is 0 Å². The van der Waals surface area contributed by atoms with Crippen molar-refractivity contribution in [3.8, 4) is 5.75 Å². The van der Waals surface area contributed by atoms with Gasteiger partial charge in [-0.2, -0.15) is 4.31 Å². The molecule has 0 bridgehead atoms. The highest BCUT2D eigenvalue weighted by molar-refractivity contribution is 7.89. The van der Waals surface area contributed by atoms with E-state index in [-0.39, 0.29) is 23.3 Å². The lowest BCUT2D eigenvalue weighted by Crippen LogP contribution is -2.45. The molecule has 0 aromatic heterocycles. The first-order valence-corrected chi connectivity index (χ1v) is 13.0. The molecule has 1 aliphatic heterocycles. The van der Waals surface area contributed by atoms with Gasteiger partial charge in [-0.05, 0) is 68.0 Å². The molecule has 6 nitrogen and oxygen atoms in total. The Balaban J connectivity index is 1.50. The van der Waals surface area contributed by atoms with Gasteiger partial charge in [0, 0.05) is 24.7 Å². The van der Waals surface area contributed by atoms with Crippen LogP contribution in [0.3, 0.4) is 0 Å². The molecule has 3 rings (SSSR count). The average molecular weight is 479 g/mol. The summed E-state index contributed by atoms with van der Waals surface area (Å²) in [5, 5.41) is 3.47. The fourth-order valence-electron chi connectivity index (χ4n) is 3.83. The fourth-order valence-corrected chi connectivity index (χ4v) is 5.48. The van der Waals surface area contributed by atoms with Crippen molar-refractivity contribution >= 4 is 27.5 Å². The molecule has 0 aliphatic carbocycles. The van der Waals surface area contributed by atoms with Gasteiger partial charge >= 0.3 is 0 Å². The quantitative estimate of drug-likeness (QED) is 0.517. The van der Waals surface area contributed by atoms with Crippen LogP contribution in [0.2, 0.25) is 5.02 Å². The number of hydrogen-bond acceptors (Lipinski definition) is 4. The highest BCUT2D eigenvalue weighted by Crippen LogP contribution is 2.25. The molecule has 32 heavy (non-hydrogen) atoms. The smallest absolute Gasteiger partial charge is 0.243 e. The van der Waals surface area contributed by atoms with Crippen molar-refractivity contribution in [2.24, 2.45) is 5.92 Å². The summed E-state index contributed by atoms with van der Waals surface area (Å²) >= 11 is 5.87. The second kappa shape index (κ2) is 11.7. The molecule has 1 amide bonds. The van der Waals surface area contributed by atoms with Crippen molar-refractivity contribution in [2.45, 2.75) is 43.9 Å². The molecule has 2 aromatic carbocycles. The molecule has 8 heteroatoms. The Bertz CT molecular complexity index is 995. The molecule has 2 aromatic rings. The maximum atomic E-state index is 12.9. The number of halogens is 1. The lowest BCUT2D eigenvalue weighted by Gasteiger charge is -2.31. The van der Waals surface area contributed by atoms with Gasteiger partial charge in [-0.15, -0.1) is 0 Å². The maximum absolute atomic E-state index is 12.9. The molecule has 0 radical (unpaired) electrons. The van der Waals surface area contributed by atoms with Gasteiger partial charge in [0.15, 0.2) is 0 Å². The number of benzene rings is 2. The zero-order valence-electron chi connectivity index (χ0n) is 18.4. The normalized spacial score (nSPS) is 17.1. The Morgan fingerprint density at radius 3 is 2.69 bits per heavy atom. The van der Waals surface area contributed by atoms with E-state index in [4.69, 9.17) is 16.3 Å². The highest BCUT2D eigenvalue weighted by atomic mass is 35.5. The van der Waals surface area contributed by atoms with E-state index in [1.807, 2.05) is 24.3 Å². The third kappa shape index (κ3) is 6.47. The third-order valence-electron chi connectivity index (χ3n) is 5.56. The Kier molecular flexibility index (Phi) is 8.96. The Labute approximate surface area is 196 Å². The van der Waals surface area contributed by atoms with Gasteiger partial charge in [-0.3, -0.25) is 4.79 Å². The van der Waals surface area contributed by atoms with Crippen LogP contribution in [0, 0.1) is 5.92 Å². The van der Waals surface area contributed by atoms with E-state index in [1.165, 1.54) is 16.4 Å². The minimum Gasteiger partial charge on any atom is -0.493 e. The Morgan fingerprint density at radius 2 is 1.94 bits per heavy atom. The van der Waals surface area contributed by atoms with E-state index < -0.39 is 10.0 Å². The summed E-state index contributed by atoms with van der Waals surface area (Å²) in [6.45, 7) is 3.92. The standard InChI is InChI=1S/C24H31ClN2O4S/c1-2-17-31-23-10-4-3-7-19(23)8-5-15-26-24(28)20-9-6-16-27(18-20)32(29,30)22-13-11-21(25)12-14-22/h3-4,7,10-14,20H,2,5-6,8-9,15-18H2,1H3,(H,26,28)/t20-/m0/s1. The van der Waals surface area contributed by atoms with Crippen LogP contribution < -0.4 is 10.1 Å². The summed E-state index contributed by atoms with van der Waals surface area (Å²) in [7, 11) is -3.64. The summed E-state index contributed by atoms with van der Waals surface area (Å²) in [6.07, 6.45) is 3.90. The van der Waals surface area contributed by atoms with E-state index in [0.29, 0.717) is 37.6 Å². The first-order chi connectivity index (χ1) is 15.4. The zero-order valence-corrected chi connectivity index (χ0v) is 20.0. The topological polar surface area (TPSA) is 75.7 Å². The van der Waals surface area contributed by atoms with Crippen LogP contribution in [0.25, 0.3) is 0 Å². The van der Waals surface area contributed by atoms with E-state index in [1.54, 1.807) is 12.1 Å². The SMILES string of the molecule is CCCOc1ccccc1CCCNC(=O)[C@H]1CCCN(S(=O)(=O)c2ccc(Cl)cc2)C1. The Morgan fingerprint density at radius 1 is 1.19 bits per heavy atom. The van der Waals surface area contributed by atoms with Gasteiger partial charge in [0.25, 0.3) is 0 Å². The molecule has 0 saturated carbocycles. The van der Waals surface area contributed by atoms with E-state index >= 15 is 0 Å². The molecule has 1 N–H and O–H groups in total. The average Bonchev–Trinajstić information content (AvgIpc) is 2.81. The molecular weight excluding hydrogens is 448 g/mol. The third-order valence-corrected chi connectivity index (χ3v) is 7.69. The van der Waals surface area contributed by atoms with Gasteiger partial charge < -0.3 is 10.1 Å². The Hall–Kier alpha value is -2.09. The second-order valence-electron chi connectivity index (χ2n) is 8.01. The van der Waals surface area contributed by atoms with Crippen molar-refractivity contribution in [2.75, 3.05) is 26.2 Å². The minimum absolute atomic E-state index is 0.0866. The molecule has 0 unspecified atom stereocenters. The van der Waals surface area contributed by atoms with Gasteiger partial charge in [0.1, 0.15) is 5.75 Å². The number of piperidine rings is 1. The molecule has 1 atom stereocenters. The fraction of sp³-hybridized carbons (Fsp3) is 0.458. The molecule has 0 spiro atoms. The van der Waals surface area contributed by atoms with Crippen LogP contribution >= 0.6 is 11.6 Å². The number of carbonyl (C=O) groups is 1. The number of para-hydroxylation sites is 1. The van der Waals surface area contributed by atoms with E-state index in [0.717, 1.165) is 30.6 Å². The predicted octanol–water partition coefficient (Wildman–Crippen LogP) is 4.28. The van der Waals surface area contributed by atoms with Gasteiger partial charge in [-0.1, -0.05) is 36.7 Å². The predicted molar refractivity (Wildman–Crippen MR) is 126 cm³/mol. The number of ether oxygens (including phenoxy) is 1. The number of rotatable bonds is 10. The number of aryl methyl sites for hydroxylation is 1. The maximum Gasteiger partial charge on any atom is 0.243 e. The zero-order chi connectivity index (χ0) is 23.0. The molecule has 1 aliphatic rings. The first kappa shape index (κ1) is 24.6. The van der Waals surface area contributed by atoms with Gasteiger partial charge in [0.2, 0.25) is 15.9 Å². The van der Waals surface area contributed by atoms with Crippen molar-refractivity contribution < 1.29 is 17.9 Å². The summed E-state index contributed by atoms with van der Waals surface area (Å²) in [5.41, 5.74) is 1.13. The molecule has 1 saturated heterocycles. The molecule has 1 fully saturated rings. The highest BCUT2D eigenvalue weighted by Gasteiger charge is 2.33. The van der Waals surface area contributed by atoms with Crippen LogP contribution in [-0.4, -0.2) is 44.9 Å². The number of nitrogens with one attached hydrogen (secondary N) is 1. The number of amides is 1. The van der Waals surface area contributed by atoms with Crippen molar-refractivity contribution in [1.82, 2.24) is 9.62 Å². The van der Waals surface area contributed by atoms with Crippen LogP contribution in [0.1, 0.15) is 38.2 Å². The molecular formula is C24H31ClN2O4S. The summed E-state index contributed by atoms with van der Waals surface area (Å²) < 4.78 is 33.1. The van der Waals surface area contributed by atoms with Crippen LogP contribution in [-0.2, 0) is 21.2 Å². The van der Waals surface area contributed by atoms with Crippen molar-refractivity contribution in [3.05, 3.63) is 59.1 Å². The van der Waals surface area contributed by atoms with Crippen molar-refractivity contribution in [3.63, 3.8) is 0 Å². The van der Waals surface area contributed by atoms with E-state index in [9.17, 15) is 13.2 Å². The van der Waals surface area contributed by atoms with Crippen LogP contribution in [0.5, 0.6) is 5.75 Å². The minimum atomic E-state index is -3.64. The first-order valence-electron chi connectivity index (χ1n) is 11.2. The largest absolute Gasteiger partial charge is 0.493 e. The van der Waals surface area contributed by atoms with Crippen LogP contribution in [0.15, 0.2) is 53.4 Å². The van der Waals surface area contributed by atoms with E-state index in [2.05, 4.69) is 12.2 Å².